The number of hydrogen-bond donors (Lipinski definition) is 3. The molecule has 0 radical (unpaired) electrons. The van der Waals surface area contributed by atoms with Crippen molar-refractivity contribution in [2.45, 2.75) is 19.5 Å². The van der Waals surface area contributed by atoms with Crippen LogP contribution in [-0.2, 0) is 19.5 Å². The Labute approximate surface area is 152 Å². The summed E-state index contributed by atoms with van der Waals surface area (Å²) in [6.45, 7) is 3.53. The van der Waals surface area contributed by atoms with Gasteiger partial charge in [-0.25, -0.2) is 4.39 Å². The number of aromatic nitrogens is 2. The van der Waals surface area contributed by atoms with Crippen LogP contribution in [0, 0.1) is 5.82 Å². The maximum Gasteiger partial charge on any atom is 0.272 e. The summed E-state index contributed by atoms with van der Waals surface area (Å²) in [6, 6.07) is 6.46. The highest BCUT2D eigenvalue weighted by molar-refractivity contribution is 5.94. The van der Waals surface area contributed by atoms with E-state index < -0.39 is 0 Å². The zero-order valence-electron chi connectivity index (χ0n) is 14.1. The Kier molecular flexibility index (Phi) is 6.92. The number of amides is 1. The number of benzene rings is 1. The molecule has 8 heteroatoms. The summed E-state index contributed by atoms with van der Waals surface area (Å²) < 4.78 is 12.9. The summed E-state index contributed by atoms with van der Waals surface area (Å²) in [5.41, 5.74) is 3.54. The number of aromatic amines is 1. The number of nitrogens with zero attached hydrogens (tertiary/aromatic N) is 2. The van der Waals surface area contributed by atoms with Crippen LogP contribution in [0.2, 0.25) is 0 Å². The van der Waals surface area contributed by atoms with E-state index in [0.717, 1.165) is 29.8 Å². The van der Waals surface area contributed by atoms with Gasteiger partial charge in [0, 0.05) is 50.4 Å². The molecule has 1 aliphatic heterocycles. The van der Waals surface area contributed by atoms with Gasteiger partial charge >= 0.3 is 0 Å². The first-order chi connectivity index (χ1) is 11.6. The summed E-state index contributed by atoms with van der Waals surface area (Å²) in [5, 5.41) is 13.3. The minimum absolute atomic E-state index is 0. The molecule has 2 aromatic rings. The molecule has 3 N–H and O–H groups in total. The molecule has 1 aromatic carbocycles. The molecule has 25 heavy (non-hydrogen) atoms. The number of likely N-dealkylation sites (N-methyl/N-ethyl adjacent to an activating group) is 1. The molecule has 0 spiro atoms. The molecule has 1 amide bonds. The van der Waals surface area contributed by atoms with E-state index in [1.807, 2.05) is 7.05 Å². The van der Waals surface area contributed by atoms with Crippen LogP contribution in [0.4, 0.5) is 4.39 Å². The van der Waals surface area contributed by atoms with E-state index in [0.29, 0.717) is 31.9 Å². The summed E-state index contributed by atoms with van der Waals surface area (Å²) >= 11 is 0. The Morgan fingerprint density at radius 2 is 2.12 bits per heavy atom. The molecule has 6 nitrogen and oxygen atoms in total. The third-order valence-electron chi connectivity index (χ3n) is 4.17. The van der Waals surface area contributed by atoms with Gasteiger partial charge in [0.1, 0.15) is 5.82 Å². The minimum Gasteiger partial charge on any atom is -0.349 e. The molecule has 3 rings (SSSR count). The van der Waals surface area contributed by atoms with Crippen molar-refractivity contribution in [2.24, 2.45) is 0 Å². The molecule has 0 atom stereocenters. The first-order valence-electron chi connectivity index (χ1n) is 8.11. The fourth-order valence-corrected chi connectivity index (χ4v) is 2.84. The lowest BCUT2D eigenvalue weighted by Gasteiger charge is -2.17. The lowest BCUT2D eigenvalue weighted by atomic mass is 10.1. The maximum atomic E-state index is 12.9. The SMILES string of the molecule is CN(CCNC(=O)c1n[nH]c2c1CNCC2)Cc1ccc(F)cc1.Cl. The van der Waals surface area contributed by atoms with Crippen LogP contribution in [0.15, 0.2) is 24.3 Å². The van der Waals surface area contributed by atoms with Gasteiger partial charge in [-0.15, -0.1) is 12.4 Å². The number of H-pyrrole nitrogens is 1. The van der Waals surface area contributed by atoms with Gasteiger partial charge in [0.25, 0.3) is 5.91 Å². The van der Waals surface area contributed by atoms with E-state index in [1.54, 1.807) is 12.1 Å². The minimum atomic E-state index is -0.231. The molecule has 1 aliphatic rings. The first-order valence-corrected chi connectivity index (χ1v) is 8.11. The van der Waals surface area contributed by atoms with Crippen molar-refractivity contribution in [3.05, 3.63) is 52.6 Å². The molecule has 0 saturated heterocycles. The molecule has 0 saturated carbocycles. The summed E-state index contributed by atoms with van der Waals surface area (Å²) in [6.07, 6.45) is 0.871. The largest absolute Gasteiger partial charge is 0.349 e. The normalized spacial score (nSPS) is 13.2. The van der Waals surface area contributed by atoms with Crippen LogP contribution < -0.4 is 10.6 Å². The van der Waals surface area contributed by atoms with Gasteiger partial charge in [0.05, 0.1) is 0 Å². The van der Waals surface area contributed by atoms with Crippen LogP contribution >= 0.6 is 12.4 Å². The summed E-state index contributed by atoms with van der Waals surface area (Å²) in [4.78, 5) is 14.4. The van der Waals surface area contributed by atoms with Crippen LogP contribution in [-0.4, -0.2) is 47.7 Å². The van der Waals surface area contributed by atoms with Crippen molar-refractivity contribution in [3.8, 4) is 0 Å². The number of carbonyl (C=O) groups excluding carboxylic acids is 1. The lowest BCUT2D eigenvalue weighted by molar-refractivity contribution is 0.0943. The Hall–Kier alpha value is -1.96. The van der Waals surface area contributed by atoms with E-state index >= 15 is 0 Å². The second-order valence-corrected chi connectivity index (χ2v) is 6.08. The molecule has 0 fully saturated rings. The van der Waals surface area contributed by atoms with Gasteiger partial charge in [-0.05, 0) is 24.7 Å². The van der Waals surface area contributed by atoms with E-state index in [1.165, 1.54) is 12.1 Å². The zero-order chi connectivity index (χ0) is 16.9. The van der Waals surface area contributed by atoms with E-state index in [-0.39, 0.29) is 24.1 Å². The molecule has 136 valence electrons. The van der Waals surface area contributed by atoms with Gasteiger partial charge in [-0.2, -0.15) is 5.10 Å². The third kappa shape index (κ3) is 5.01. The van der Waals surface area contributed by atoms with E-state index in [2.05, 4.69) is 25.7 Å². The van der Waals surface area contributed by atoms with Gasteiger partial charge in [-0.1, -0.05) is 12.1 Å². The number of fused-ring (bicyclic) bond motifs is 1. The number of nitrogens with one attached hydrogen (secondary N) is 3. The maximum absolute atomic E-state index is 12.9. The van der Waals surface area contributed by atoms with Crippen molar-refractivity contribution in [1.82, 2.24) is 25.7 Å². The van der Waals surface area contributed by atoms with Crippen molar-refractivity contribution >= 4 is 18.3 Å². The van der Waals surface area contributed by atoms with Gasteiger partial charge in [0.2, 0.25) is 0 Å². The number of carbonyl (C=O) groups is 1. The van der Waals surface area contributed by atoms with Crippen molar-refractivity contribution in [1.29, 1.82) is 0 Å². The monoisotopic (exact) mass is 367 g/mol. The Bertz CT molecular complexity index is 704. The highest BCUT2D eigenvalue weighted by Gasteiger charge is 2.21. The van der Waals surface area contributed by atoms with Crippen LogP contribution in [0.5, 0.6) is 0 Å². The zero-order valence-corrected chi connectivity index (χ0v) is 15.0. The smallest absolute Gasteiger partial charge is 0.272 e. The van der Waals surface area contributed by atoms with Gasteiger partial charge < -0.3 is 15.5 Å². The predicted octanol–water partition coefficient (Wildman–Crippen LogP) is 1.48. The third-order valence-corrected chi connectivity index (χ3v) is 4.17. The lowest BCUT2D eigenvalue weighted by Crippen LogP contribution is -2.34. The fraction of sp³-hybridized carbons (Fsp3) is 0.412. The highest BCUT2D eigenvalue weighted by Crippen LogP contribution is 2.14. The molecule has 0 aliphatic carbocycles. The standard InChI is InChI=1S/C17H22FN5O.ClH/c1-23(11-12-2-4-13(18)5-3-12)9-8-20-17(24)16-14-10-19-7-6-15(14)21-22-16;/h2-5,19H,6-11H2,1H3,(H,20,24)(H,21,22);1H. The molecular formula is C17H23ClFN5O. The molecule has 1 aromatic heterocycles. The molecular weight excluding hydrogens is 345 g/mol. The summed E-state index contributed by atoms with van der Waals surface area (Å²) in [7, 11) is 1.97. The van der Waals surface area contributed by atoms with E-state index in [4.69, 9.17) is 0 Å². The van der Waals surface area contributed by atoms with Crippen LogP contribution in [0.25, 0.3) is 0 Å². The van der Waals surface area contributed by atoms with E-state index in [9.17, 15) is 9.18 Å². The Balaban J connectivity index is 0.00000225. The van der Waals surface area contributed by atoms with Crippen molar-refractivity contribution < 1.29 is 9.18 Å². The molecule has 2 heterocycles. The number of rotatable bonds is 6. The van der Waals surface area contributed by atoms with Gasteiger partial charge in [-0.3, -0.25) is 9.89 Å². The van der Waals surface area contributed by atoms with Crippen LogP contribution in [0.1, 0.15) is 27.3 Å². The Morgan fingerprint density at radius 3 is 2.88 bits per heavy atom. The molecule has 0 unspecified atom stereocenters. The number of halogens is 2. The quantitative estimate of drug-likeness (QED) is 0.723. The van der Waals surface area contributed by atoms with Gasteiger partial charge in [0.15, 0.2) is 5.69 Å². The summed E-state index contributed by atoms with van der Waals surface area (Å²) in [5.74, 6) is -0.378. The first kappa shape index (κ1) is 19.4. The Morgan fingerprint density at radius 1 is 1.36 bits per heavy atom. The van der Waals surface area contributed by atoms with Crippen LogP contribution in [0.3, 0.4) is 0 Å². The average molecular weight is 368 g/mol. The topological polar surface area (TPSA) is 73.0 Å². The van der Waals surface area contributed by atoms with Crippen molar-refractivity contribution in [3.63, 3.8) is 0 Å². The number of hydrogen-bond acceptors (Lipinski definition) is 4. The fourth-order valence-electron chi connectivity index (χ4n) is 2.84. The average Bonchev–Trinajstić information content (AvgIpc) is 3.01. The second-order valence-electron chi connectivity index (χ2n) is 6.08. The second kappa shape index (κ2) is 8.94. The predicted molar refractivity (Wildman–Crippen MR) is 96.3 cm³/mol. The highest BCUT2D eigenvalue weighted by atomic mass is 35.5. The van der Waals surface area contributed by atoms with Crippen molar-refractivity contribution in [2.75, 3.05) is 26.7 Å². The molecule has 0 bridgehead atoms.